The molecule has 0 fully saturated rings. The molecule has 0 spiro atoms. The summed E-state index contributed by atoms with van der Waals surface area (Å²) in [6, 6.07) is 18.8. The molecule has 7 nitrogen and oxygen atoms in total. The van der Waals surface area contributed by atoms with Crippen LogP contribution in [0.25, 0.3) is 10.8 Å². The van der Waals surface area contributed by atoms with Crippen molar-refractivity contribution in [2.24, 2.45) is 0 Å². The van der Waals surface area contributed by atoms with E-state index in [1.165, 1.54) is 0 Å². The second-order valence-corrected chi connectivity index (χ2v) is 7.74. The van der Waals surface area contributed by atoms with E-state index in [4.69, 9.17) is 21.7 Å². The maximum Gasteiger partial charge on any atom is 0.276 e. The van der Waals surface area contributed by atoms with Gasteiger partial charge in [-0.15, -0.1) is 0 Å². The van der Waals surface area contributed by atoms with Crippen LogP contribution in [0, 0.1) is 6.92 Å². The summed E-state index contributed by atoms with van der Waals surface area (Å²) in [7, 11) is 0. The van der Waals surface area contributed by atoms with Crippen molar-refractivity contribution in [3.05, 3.63) is 70.7 Å². The first-order valence-electron chi connectivity index (χ1n) is 9.30. The van der Waals surface area contributed by atoms with E-state index in [1.54, 1.807) is 18.2 Å². The van der Waals surface area contributed by atoms with Crippen molar-refractivity contribution < 1.29 is 19.1 Å². The highest BCUT2D eigenvalue weighted by Crippen LogP contribution is 2.32. The molecule has 3 rings (SSSR count). The van der Waals surface area contributed by atoms with Gasteiger partial charge in [0, 0.05) is 0 Å². The summed E-state index contributed by atoms with van der Waals surface area (Å²) in [5.41, 5.74) is 5.90. The third-order valence-electron chi connectivity index (χ3n) is 4.15. The molecule has 0 saturated heterocycles. The Morgan fingerprint density at radius 1 is 0.903 bits per heavy atom. The van der Waals surface area contributed by atoms with Crippen molar-refractivity contribution in [1.82, 2.24) is 16.2 Å². The molecule has 0 aromatic heterocycles. The molecule has 0 atom stereocenters. The molecule has 0 saturated carbocycles. The topological polar surface area (TPSA) is 88.7 Å². The Morgan fingerprint density at radius 3 is 2.39 bits per heavy atom. The Bertz CT molecular complexity index is 1110. The van der Waals surface area contributed by atoms with Crippen LogP contribution >= 0.6 is 28.1 Å². The number of thiocarbonyl (C=S) groups is 1. The van der Waals surface area contributed by atoms with Crippen molar-refractivity contribution in [3.8, 4) is 11.5 Å². The summed E-state index contributed by atoms with van der Waals surface area (Å²) in [6.07, 6.45) is 0. The minimum Gasteiger partial charge on any atom is -0.484 e. The number of hydrazine groups is 1. The fourth-order valence-corrected chi connectivity index (χ4v) is 3.38. The summed E-state index contributed by atoms with van der Waals surface area (Å²) in [5.74, 6) is 0.194. The zero-order valence-electron chi connectivity index (χ0n) is 16.6. The lowest BCUT2D eigenvalue weighted by molar-refractivity contribution is -0.124. The normalized spacial score (nSPS) is 10.3. The minimum atomic E-state index is -0.470. The second kappa shape index (κ2) is 10.7. The quantitative estimate of drug-likeness (QED) is 0.354. The second-order valence-electron chi connectivity index (χ2n) is 6.54. The molecule has 0 aliphatic heterocycles. The highest BCUT2D eigenvalue weighted by molar-refractivity contribution is 9.10. The fraction of sp³-hybridized carbons (Fsp3) is 0.136. The van der Waals surface area contributed by atoms with Crippen molar-refractivity contribution in [2.45, 2.75) is 6.92 Å². The van der Waals surface area contributed by atoms with Gasteiger partial charge in [-0.1, -0.05) is 48.0 Å². The highest BCUT2D eigenvalue weighted by atomic mass is 79.9. The van der Waals surface area contributed by atoms with Crippen molar-refractivity contribution in [3.63, 3.8) is 0 Å². The molecule has 0 bridgehead atoms. The predicted octanol–water partition coefficient (Wildman–Crippen LogP) is 3.39. The van der Waals surface area contributed by atoms with Gasteiger partial charge < -0.3 is 9.47 Å². The average Bonchev–Trinajstić information content (AvgIpc) is 2.77. The van der Waals surface area contributed by atoms with Gasteiger partial charge in [0.15, 0.2) is 18.3 Å². The van der Waals surface area contributed by atoms with Crippen LogP contribution in [-0.2, 0) is 9.59 Å². The number of benzene rings is 3. The molecule has 2 amide bonds. The number of carbonyl (C=O) groups excluding carboxylic acids is 2. The van der Waals surface area contributed by atoms with Crippen LogP contribution in [0.2, 0.25) is 0 Å². The van der Waals surface area contributed by atoms with Crippen LogP contribution in [0.3, 0.4) is 0 Å². The summed E-state index contributed by atoms with van der Waals surface area (Å²) in [5, 5.41) is 4.40. The molecule has 0 radical (unpaired) electrons. The third-order valence-corrected chi connectivity index (χ3v) is 5.17. The number of hydrogen-bond donors (Lipinski definition) is 3. The highest BCUT2D eigenvalue weighted by Gasteiger charge is 2.10. The molecule has 0 heterocycles. The lowest BCUT2D eigenvalue weighted by Gasteiger charge is -2.13. The molecule has 0 aliphatic carbocycles. The number of rotatable bonds is 6. The molecule has 0 unspecified atom stereocenters. The van der Waals surface area contributed by atoms with E-state index in [9.17, 15) is 9.59 Å². The smallest absolute Gasteiger partial charge is 0.276 e. The zero-order valence-corrected chi connectivity index (χ0v) is 19.0. The Balaban J connectivity index is 1.39. The van der Waals surface area contributed by atoms with Crippen LogP contribution in [0.4, 0.5) is 0 Å². The van der Waals surface area contributed by atoms with Crippen molar-refractivity contribution in [2.75, 3.05) is 13.2 Å². The van der Waals surface area contributed by atoms with Crippen molar-refractivity contribution >= 4 is 55.8 Å². The molecule has 160 valence electrons. The first kappa shape index (κ1) is 22.5. The lowest BCUT2D eigenvalue weighted by atomic mass is 10.1. The Morgan fingerprint density at radius 2 is 1.61 bits per heavy atom. The molecule has 0 aliphatic rings. The van der Waals surface area contributed by atoms with Gasteiger partial charge in [-0.3, -0.25) is 25.8 Å². The third kappa shape index (κ3) is 6.66. The number of hydrogen-bond acceptors (Lipinski definition) is 5. The fourth-order valence-electron chi connectivity index (χ4n) is 2.61. The summed E-state index contributed by atoms with van der Waals surface area (Å²) in [4.78, 5) is 23.9. The van der Waals surface area contributed by atoms with E-state index in [0.29, 0.717) is 11.5 Å². The first-order chi connectivity index (χ1) is 14.9. The van der Waals surface area contributed by atoms with Gasteiger partial charge in [0.05, 0.1) is 4.47 Å². The van der Waals surface area contributed by atoms with Gasteiger partial charge in [-0.05, 0) is 64.0 Å². The van der Waals surface area contributed by atoms with E-state index in [2.05, 4.69) is 32.1 Å². The predicted molar refractivity (Wildman–Crippen MR) is 126 cm³/mol. The van der Waals surface area contributed by atoms with Gasteiger partial charge in [-0.2, -0.15) is 0 Å². The number of carbonyl (C=O) groups is 2. The van der Waals surface area contributed by atoms with E-state index in [1.807, 2.05) is 49.4 Å². The summed E-state index contributed by atoms with van der Waals surface area (Å²) >= 11 is 8.50. The zero-order chi connectivity index (χ0) is 22.2. The summed E-state index contributed by atoms with van der Waals surface area (Å²) in [6.45, 7) is 1.51. The van der Waals surface area contributed by atoms with E-state index >= 15 is 0 Å². The molecular formula is C22H20BrN3O4S. The van der Waals surface area contributed by atoms with Crippen LogP contribution in [0.1, 0.15) is 5.56 Å². The molecule has 3 aromatic carbocycles. The minimum absolute atomic E-state index is 0.0603. The van der Waals surface area contributed by atoms with Gasteiger partial charge in [0.25, 0.3) is 11.8 Å². The van der Waals surface area contributed by atoms with Gasteiger partial charge in [-0.25, -0.2) is 0 Å². The molecule has 31 heavy (non-hydrogen) atoms. The van der Waals surface area contributed by atoms with Crippen molar-refractivity contribution in [1.29, 1.82) is 0 Å². The largest absolute Gasteiger partial charge is 0.484 e. The van der Waals surface area contributed by atoms with E-state index in [0.717, 1.165) is 20.8 Å². The van der Waals surface area contributed by atoms with Gasteiger partial charge in [0.2, 0.25) is 0 Å². The Labute approximate surface area is 193 Å². The van der Waals surface area contributed by atoms with Crippen LogP contribution in [0.5, 0.6) is 11.5 Å². The lowest BCUT2D eigenvalue weighted by Crippen LogP contribution is -2.50. The number of aryl methyl sites for hydroxylation is 1. The average molecular weight is 502 g/mol. The number of amides is 2. The van der Waals surface area contributed by atoms with E-state index in [-0.39, 0.29) is 18.3 Å². The van der Waals surface area contributed by atoms with Crippen LogP contribution in [0.15, 0.2) is 65.1 Å². The van der Waals surface area contributed by atoms with Crippen LogP contribution in [-0.4, -0.2) is 30.1 Å². The Hall–Kier alpha value is -3.17. The van der Waals surface area contributed by atoms with Crippen LogP contribution < -0.4 is 25.6 Å². The number of ether oxygens (including phenoxy) is 2. The number of nitrogens with one attached hydrogen (secondary N) is 3. The molecule has 3 aromatic rings. The van der Waals surface area contributed by atoms with E-state index < -0.39 is 11.8 Å². The SMILES string of the molecule is Cc1ccc(OCC(=O)NNC(=S)NC(=O)COc2ccc3ccccc3c2Br)cc1. The molecule has 9 heteroatoms. The number of halogens is 1. The first-order valence-corrected chi connectivity index (χ1v) is 10.5. The number of fused-ring (bicyclic) bond motifs is 1. The molecular weight excluding hydrogens is 482 g/mol. The Kier molecular flexibility index (Phi) is 7.80. The molecule has 3 N–H and O–H groups in total. The van der Waals surface area contributed by atoms with Gasteiger partial charge in [0.1, 0.15) is 11.5 Å². The monoisotopic (exact) mass is 501 g/mol. The van der Waals surface area contributed by atoms with Gasteiger partial charge >= 0.3 is 0 Å². The standard InChI is InChI=1S/C22H20BrN3O4S/c1-14-6-9-16(10-7-14)29-13-20(28)25-26-22(31)24-19(27)12-30-18-11-8-15-4-2-3-5-17(15)21(18)23/h2-11H,12-13H2,1H3,(H,25,28)(H2,24,26,27,31). The maximum absolute atomic E-state index is 12.1. The summed E-state index contributed by atoms with van der Waals surface area (Å²) < 4.78 is 11.7. The maximum atomic E-state index is 12.1.